The Hall–Kier alpha value is -2.14. The van der Waals surface area contributed by atoms with E-state index in [0.717, 1.165) is 21.6 Å². The number of amides is 1. The van der Waals surface area contributed by atoms with Gasteiger partial charge in [0.1, 0.15) is 0 Å². The molecule has 0 bridgehead atoms. The van der Waals surface area contributed by atoms with Crippen LogP contribution in [0.5, 0.6) is 0 Å². The van der Waals surface area contributed by atoms with E-state index in [1.807, 2.05) is 43.3 Å². The number of halogens is 2. The molecule has 0 aliphatic heterocycles. The third-order valence-electron chi connectivity index (χ3n) is 3.62. The number of hydrogen-bond acceptors (Lipinski definition) is 3. The predicted molar refractivity (Wildman–Crippen MR) is 110 cm³/mol. The fourth-order valence-corrected chi connectivity index (χ4v) is 3.56. The Bertz CT molecular complexity index is 966. The van der Waals surface area contributed by atoms with Gasteiger partial charge >= 0.3 is 0 Å². The molecule has 3 rings (SSSR count). The zero-order valence-corrected chi connectivity index (χ0v) is 16.3. The molecule has 1 amide bonds. The van der Waals surface area contributed by atoms with E-state index in [4.69, 9.17) is 23.2 Å². The molecule has 0 radical (unpaired) electrons. The highest BCUT2D eigenvalue weighted by Crippen LogP contribution is 2.26. The first kappa shape index (κ1) is 18.6. The molecule has 0 aliphatic carbocycles. The molecule has 0 saturated carbocycles. The number of carbonyl (C=O) groups is 1. The van der Waals surface area contributed by atoms with E-state index in [2.05, 4.69) is 10.3 Å². The van der Waals surface area contributed by atoms with Crippen molar-refractivity contribution in [2.24, 2.45) is 0 Å². The van der Waals surface area contributed by atoms with E-state index in [0.29, 0.717) is 21.6 Å². The normalized spacial score (nSPS) is 11.0. The van der Waals surface area contributed by atoms with Crippen LogP contribution in [0.1, 0.15) is 21.6 Å². The molecule has 26 heavy (non-hydrogen) atoms. The lowest BCUT2D eigenvalue weighted by atomic mass is 10.1. The van der Waals surface area contributed by atoms with Gasteiger partial charge in [0.15, 0.2) is 5.13 Å². The molecular formula is C20H16Cl2N2OS. The number of anilines is 1. The van der Waals surface area contributed by atoms with Crippen molar-refractivity contribution in [1.29, 1.82) is 0 Å². The fraction of sp³-hybridized carbons (Fsp3) is 0.100. The smallest absolute Gasteiger partial charge is 0.250 e. The Morgan fingerprint density at radius 1 is 1.19 bits per heavy atom. The van der Waals surface area contributed by atoms with E-state index in [-0.39, 0.29) is 5.91 Å². The number of nitrogens with zero attached hydrogens (tertiary/aromatic N) is 1. The number of carbonyl (C=O) groups excluding carboxylic acids is 1. The molecule has 3 nitrogen and oxygen atoms in total. The lowest BCUT2D eigenvalue weighted by molar-refractivity contribution is -0.111. The molecule has 0 fully saturated rings. The van der Waals surface area contributed by atoms with Crippen molar-refractivity contribution < 1.29 is 4.79 Å². The first-order chi connectivity index (χ1) is 12.5. The highest BCUT2D eigenvalue weighted by molar-refractivity contribution is 7.15. The summed E-state index contributed by atoms with van der Waals surface area (Å²) in [5, 5.41) is 4.42. The van der Waals surface area contributed by atoms with Crippen LogP contribution in [0.15, 0.2) is 54.7 Å². The number of thiazole rings is 1. The van der Waals surface area contributed by atoms with Crippen molar-refractivity contribution >= 4 is 51.7 Å². The predicted octanol–water partition coefficient (Wildman–Crippen LogP) is 6.00. The zero-order valence-electron chi connectivity index (χ0n) is 14.0. The Balaban J connectivity index is 1.60. The highest BCUT2D eigenvalue weighted by atomic mass is 35.5. The minimum Gasteiger partial charge on any atom is -0.298 e. The van der Waals surface area contributed by atoms with Crippen LogP contribution >= 0.6 is 34.5 Å². The molecule has 0 unspecified atom stereocenters. The largest absolute Gasteiger partial charge is 0.298 e. The van der Waals surface area contributed by atoms with Crippen molar-refractivity contribution in [3.63, 3.8) is 0 Å². The fourth-order valence-electron chi connectivity index (χ4n) is 2.39. The van der Waals surface area contributed by atoms with Crippen molar-refractivity contribution in [3.8, 4) is 0 Å². The first-order valence-electron chi connectivity index (χ1n) is 7.94. The van der Waals surface area contributed by atoms with Crippen LogP contribution < -0.4 is 5.32 Å². The minimum atomic E-state index is -0.207. The lowest BCUT2D eigenvalue weighted by Crippen LogP contribution is -2.07. The van der Waals surface area contributed by atoms with Crippen LogP contribution in [0.3, 0.4) is 0 Å². The number of nitrogens with one attached hydrogen (secondary N) is 1. The minimum absolute atomic E-state index is 0.207. The standard InChI is InChI=1S/C20H16Cl2N2OS/c1-13-3-2-4-14(9-13)6-8-19(25)24-20-23-12-16(26-20)10-15-5-7-17(21)18(22)11-15/h2-9,11-12H,10H2,1H3,(H,23,24,25)/b8-6+. The number of hydrogen-bond donors (Lipinski definition) is 1. The molecule has 0 aliphatic rings. The van der Waals surface area contributed by atoms with Crippen molar-refractivity contribution in [3.05, 3.63) is 86.4 Å². The number of rotatable bonds is 5. The van der Waals surface area contributed by atoms with Gasteiger partial charge in [0.05, 0.1) is 10.0 Å². The van der Waals surface area contributed by atoms with Crippen LogP contribution in [-0.4, -0.2) is 10.9 Å². The molecule has 132 valence electrons. The summed E-state index contributed by atoms with van der Waals surface area (Å²) in [6, 6.07) is 13.5. The van der Waals surface area contributed by atoms with Crippen LogP contribution in [0.2, 0.25) is 10.0 Å². The summed E-state index contributed by atoms with van der Waals surface area (Å²) in [6.07, 6.45) is 5.73. The van der Waals surface area contributed by atoms with E-state index in [1.54, 1.807) is 18.3 Å². The van der Waals surface area contributed by atoms with Crippen molar-refractivity contribution in [2.75, 3.05) is 5.32 Å². The number of aryl methyl sites for hydroxylation is 1. The van der Waals surface area contributed by atoms with Gasteiger partial charge in [-0.05, 0) is 36.3 Å². The molecule has 3 aromatic rings. The van der Waals surface area contributed by atoms with Gasteiger partial charge in [-0.25, -0.2) is 4.98 Å². The second-order valence-corrected chi connectivity index (χ2v) is 7.72. The summed E-state index contributed by atoms with van der Waals surface area (Å²) in [6.45, 7) is 2.02. The maximum atomic E-state index is 12.1. The molecule has 1 aromatic heterocycles. The maximum Gasteiger partial charge on any atom is 0.250 e. The monoisotopic (exact) mass is 402 g/mol. The van der Waals surface area contributed by atoms with E-state index in [1.165, 1.54) is 17.4 Å². The summed E-state index contributed by atoms with van der Waals surface area (Å²) in [7, 11) is 0. The second-order valence-electron chi connectivity index (χ2n) is 5.79. The summed E-state index contributed by atoms with van der Waals surface area (Å²) < 4.78 is 0. The van der Waals surface area contributed by atoms with Crippen LogP contribution in [0.25, 0.3) is 6.08 Å². The topological polar surface area (TPSA) is 42.0 Å². The Morgan fingerprint density at radius 3 is 2.81 bits per heavy atom. The lowest BCUT2D eigenvalue weighted by Gasteiger charge is -2.01. The van der Waals surface area contributed by atoms with E-state index >= 15 is 0 Å². The summed E-state index contributed by atoms with van der Waals surface area (Å²) >= 11 is 13.4. The quantitative estimate of drug-likeness (QED) is 0.531. The molecular weight excluding hydrogens is 387 g/mol. The first-order valence-corrected chi connectivity index (χ1v) is 9.51. The number of benzene rings is 2. The van der Waals surface area contributed by atoms with Gasteiger partial charge < -0.3 is 0 Å². The number of aromatic nitrogens is 1. The summed E-state index contributed by atoms with van der Waals surface area (Å²) in [5.74, 6) is -0.207. The average Bonchev–Trinajstić information content (AvgIpc) is 3.03. The summed E-state index contributed by atoms with van der Waals surface area (Å²) in [4.78, 5) is 17.3. The van der Waals surface area contributed by atoms with Gasteiger partial charge in [0, 0.05) is 23.6 Å². The maximum absolute atomic E-state index is 12.1. The van der Waals surface area contributed by atoms with Gasteiger partial charge in [-0.2, -0.15) is 0 Å². The van der Waals surface area contributed by atoms with Gasteiger partial charge in [0.2, 0.25) is 5.91 Å². The molecule has 0 saturated heterocycles. The summed E-state index contributed by atoms with van der Waals surface area (Å²) in [5.41, 5.74) is 3.18. The molecule has 2 aromatic carbocycles. The van der Waals surface area contributed by atoms with Crippen LogP contribution in [-0.2, 0) is 11.2 Å². The molecule has 0 spiro atoms. The Labute approximate surface area is 166 Å². The van der Waals surface area contributed by atoms with Gasteiger partial charge in [-0.3, -0.25) is 10.1 Å². The van der Waals surface area contributed by atoms with Gasteiger partial charge in [-0.15, -0.1) is 11.3 Å². The van der Waals surface area contributed by atoms with E-state index in [9.17, 15) is 4.79 Å². The van der Waals surface area contributed by atoms with Crippen LogP contribution in [0.4, 0.5) is 5.13 Å². The van der Waals surface area contributed by atoms with Gasteiger partial charge in [-0.1, -0.05) is 59.1 Å². The van der Waals surface area contributed by atoms with Crippen LogP contribution in [0, 0.1) is 6.92 Å². The molecule has 1 heterocycles. The van der Waals surface area contributed by atoms with Crippen molar-refractivity contribution in [1.82, 2.24) is 4.98 Å². The zero-order chi connectivity index (χ0) is 18.5. The third-order valence-corrected chi connectivity index (χ3v) is 5.27. The van der Waals surface area contributed by atoms with Crippen molar-refractivity contribution in [2.45, 2.75) is 13.3 Å². The Kier molecular flexibility index (Phi) is 6.09. The molecule has 0 atom stereocenters. The Morgan fingerprint density at radius 2 is 2.04 bits per heavy atom. The third kappa shape index (κ3) is 5.18. The average molecular weight is 403 g/mol. The highest BCUT2D eigenvalue weighted by Gasteiger charge is 2.07. The SMILES string of the molecule is Cc1cccc(/C=C/C(=O)Nc2ncc(Cc3ccc(Cl)c(Cl)c3)s2)c1. The van der Waals surface area contributed by atoms with E-state index < -0.39 is 0 Å². The van der Waals surface area contributed by atoms with Gasteiger partial charge in [0.25, 0.3) is 0 Å². The second kappa shape index (κ2) is 8.49. The molecule has 1 N–H and O–H groups in total. The molecule has 6 heteroatoms.